The molecule has 2 N–H and O–H groups in total. The second-order valence-corrected chi connectivity index (χ2v) is 13.5. The average Bonchev–Trinajstić information content (AvgIpc) is 3.34. The summed E-state index contributed by atoms with van der Waals surface area (Å²) in [6.45, 7) is 3.38. The van der Waals surface area contributed by atoms with Gasteiger partial charge in [-0.25, -0.2) is 17.7 Å². The first kappa shape index (κ1) is 30.0. The minimum absolute atomic E-state index is 0.0489. The summed E-state index contributed by atoms with van der Waals surface area (Å²) in [7, 11) is 0.134. The maximum Gasteiger partial charge on any atom is 0.242 e. The molecule has 8 heteroatoms. The lowest BCUT2D eigenvalue weighted by Gasteiger charge is -2.31. The number of nitrogens with one attached hydrogen (secondary N) is 1. The number of aromatic hydroxyl groups is 1. The third-order valence-electron chi connectivity index (χ3n) is 8.38. The Kier molecular flexibility index (Phi) is 9.46. The Bertz CT molecular complexity index is 1620. The molecule has 4 aromatic rings. The van der Waals surface area contributed by atoms with Crippen molar-refractivity contribution in [2.75, 3.05) is 20.6 Å². The Morgan fingerprint density at radius 3 is 2.38 bits per heavy atom. The van der Waals surface area contributed by atoms with Gasteiger partial charge in [-0.2, -0.15) is 0 Å². The van der Waals surface area contributed by atoms with E-state index in [-0.39, 0.29) is 10.8 Å². The van der Waals surface area contributed by atoms with E-state index in [0.29, 0.717) is 34.8 Å². The zero-order valence-corrected chi connectivity index (χ0v) is 25.7. The smallest absolute Gasteiger partial charge is 0.242 e. The van der Waals surface area contributed by atoms with Gasteiger partial charge in [0.15, 0.2) is 5.88 Å². The Labute approximate surface area is 250 Å². The van der Waals surface area contributed by atoms with Crippen LogP contribution >= 0.6 is 0 Å². The number of aliphatic imine (C=N–C) groups is 1. The first-order valence-electron chi connectivity index (χ1n) is 15.0. The molecular weight excluding hydrogens is 544 g/mol. The minimum atomic E-state index is -3.69. The van der Waals surface area contributed by atoms with E-state index in [0.717, 1.165) is 30.6 Å². The second kappa shape index (κ2) is 13.2. The SMILES string of the molecule is CCCCN(C)S(=O)(=O)c1ccc2[nH]c(O)c(C(=Nc3ccc(CN(C)C4CCCCC4)cc3)c3ccccc3)c2c1. The van der Waals surface area contributed by atoms with Crippen molar-refractivity contribution in [3.05, 3.63) is 89.5 Å². The van der Waals surface area contributed by atoms with Crippen LogP contribution in [-0.4, -0.2) is 60.1 Å². The van der Waals surface area contributed by atoms with E-state index >= 15 is 0 Å². The van der Waals surface area contributed by atoms with Crippen LogP contribution in [0.4, 0.5) is 5.69 Å². The Morgan fingerprint density at radius 1 is 0.976 bits per heavy atom. The van der Waals surface area contributed by atoms with Crippen molar-refractivity contribution in [3.8, 4) is 5.88 Å². The molecule has 0 bridgehead atoms. The highest BCUT2D eigenvalue weighted by Gasteiger charge is 2.24. The van der Waals surface area contributed by atoms with Crippen molar-refractivity contribution in [1.82, 2.24) is 14.2 Å². The van der Waals surface area contributed by atoms with E-state index in [1.54, 1.807) is 25.2 Å². The first-order valence-corrected chi connectivity index (χ1v) is 16.5. The van der Waals surface area contributed by atoms with Crippen molar-refractivity contribution in [2.45, 2.75) is 69.4 Å². The number of rotatable bonds is 11. The summed E-state index contributed by atoms with van der Waals surface area (Å²) in [6.07, 6.45) is 8.21. The largest absolute Gasteiger partial charge is 0.494 e. The molecule has 1 heterocycles. The molecule has 0 radical (unpaired) electrons. The maximum atomic E-state index is 13.4. The predicted octanol–water partition coefficient (Wildman–Crippen LogP) is 7.23. The van der Waals surface area contributed by atoms with Gasteiger partial charge in [0, 0.05) is 42.6 Å². The standard InChI is InChI=1S/C34H42N4O3S/c1-4-5-22-38(3)42(40,41)29-20-21-31-30(23-29)32(34(39)36-31)33(26-12-8-6-9-13-26)35-27-18-16-25(17-19-27)24-37(2)28-14-10-7-11-15-28/h6,8-9,12-13,16-21,23,28,36,39H,4-5,7,10-11,14-15,22,24H2,1-3H3. The molecule has 3 aromatic carbocycles. The van der Waals surface area contributed by atoms with Crippen LogP contribution in [0.1, 0.15) is 68.6 Å². The number of sulfonamides is 1. The van der Waals surface area contributed by atoms with E-state index in [2.05, 4.69) is 29.1 Å². The number of aromatic amines is 1. The van der Waals surface area contributed by atoms with Gasteiger partial charge in [-0.1, -0.05) is 75.1 Å². The lowest BCUT2D eigenvalue weighted by atomic mass is 9.94. The Balaban J connectivity index is 1.52. The van der Waals surface area contributed by atoms with Crippen LogP contribution in [-0.2, 0) is 16.6 Å². The van der Waals surface area contributed by atoms with Gasteiger partial charge in [-0.15, -0.1) is 0 Å². The van der Waals surface area contributed by atoms with Crippen LogP contribution < -0.4 is 0 Å². The third kappa shape index (κ3) is 6.61. The topological polar surface area (TPSA) is 89.0 Å². The molecule has 7 nitrogen and oxygen atoms in total. The molecule has 1 aliphatic rings. The second-order valence-electron chi connectivity index (χ2n) is 11.4. The molecule has 5 rings (SSSR count). The molecule has 1 aliphatic carbocycles. The predicted molar refractivity (Wildman–Crippen MR) is 171 cm³/mol. The summed E-state index contributed by atoms with van der Waals surface area (Å²) in [5.41, 5.74) is 4.51. The fraction of sp³-hybridized carbons (Fsp3) is 0.382. The Hall–Kier alpha value is -3.46. The molecule has 0 saturated heterocycles. The molecule has 1 fully saturated rings. The molecule has 1 saturated carbocycles. The number of unbranched alkanes of at least 4 members (excludes halogenated alkanes) is 1. The molecule has 0 unspecified atom stereocenters. The van der Waals surface area contributed by atoms with Gasteiger partial charge < -0.3 is 10.1 Å². The highest BCUT2D eigenvalue weighted by Crippen LogP contribution is 2.34. The summed E-state index contributed by atoms with van der Waals surface area (Å²) in [5, 5.41) is 11.7. The fourth-order valence-corrected chi connectivity index (χ4v) is 7.08. The Morgan fingerprint density at radius 2 is 1.69 bits per heavy atom. The number of benzene rings is 3. The zero-order valence-electron chi connectivity index (χ0n) is 24.9. The molecule has 0 atom stereocenters. The van der Waals surface area contributed by atoms with Gasteiger partial charge in [-0.3, -0.25) is 4.90 Å². The van der Waals surface area contributed by atoms with Gasteiger partial charge in [-0.05, 0) is 62.2 Å². The first-order chi connectivity index (χ1) is 20.3. The van der Waals surface area contributed by atoms with Crippen LogP contribution in [0.15, 0.2) is 82.7 Å². The van der Waals surface area contributed by atoms with Crippen LogP contribution in [0.3, 0.4) is 0 Å². The highest BCUT2D eigenvalue weighted by atomic mass is 32.2. The fourth-order valence-electron chi connectivity index (χ4n) is 5.84. The van der Waals surface area contributed by atoms with E-state index in [1.807, 2.05) is 49.4 Å². The zero-order chi connectivity index (χ0) is 29.7. The van der Waals surface area contributed by atoms with Crippen molar-refractivity contribution < 1.29 is 13.5 Å². The van der Waals surface area contributed by atoms with Crippen LogP contribution in [0.5, 0.6) is 5.88 Å². The third-order valence-corrected chi connectivity index (χ3v) is 10.2. The maximum absolute atomic E-state index is 13.4. The van der Waals surface area contributed by atoms with Crippen LogP contribution in [0.25, 0.3) is 10.9 Å². The summed E-state index contributed by atoms with van der Waals surface area (Å²) >= 11 is 0. The van der Waals surface area contributed by atoms with Crippen molar-refractivity contribution >= 4 is 32.3 Å². The van der Waals surface area contributed by atoms with Gasteiger partial charge in [0.05, 0.1) is 21.9 Å². The molecule has 0 spiro atoms. The van der Waals surface area contributed by atoms with Gasteiger partial charge in [0.2, 0.25) is 10.0 Å². The number of fused-ring (bicyclic) bond motifs is 1. The van der Waals surface area contributed by atoms with Gasteiger partial charge in [0.25, 0.3) is 0 Å². The lowest BCUT2D eigenvalue weighted by Crippen LogP contribution is -2.32. The number of aromatic nitrogens is 1. The normalized spacial score (nSPS) is 15.2. The molecule has 42 heavy (non-hydrogen) atoms. The molecule has 1 aromatic heterocycles. The summed E-state index contributed by atoms with van der Waals surface area (Å²) in [6, 6.07) is 23.5. The number of hydrogen-bond acceptors (Lipinski definition) is 5. The van der Waals surface area contributed by atoms with Gasteiger partial charge in [0.1, 0.15) is 0 Å². The minimum Gasteiger partial charge on any atom is -0.494 e. The molecule has 0 aliphatic heterocycles. The monoisotopic (exact) mass is 586 g/mol. The van der Waals surface area contributed by atoms with E-state index in [4.69, 9.17) is 4.99 Å². The molecule has 0 amide bonds. The summed E-state index contributed by atoms with van der Waals surface area (Å²) in [5.74, 6) is -0.0489. The van der Waals surface area contributed by atoms with Crippen molar-refractivity contribution in [2.24, 2.45) is 4.99 Å². The number of H-pyrrole nitrogens is 1. The van der Waals surface area contributed by atoms with Crippen molar-refractivity contribution in [3.63, 3.8) is 0 Å². The summed E-state index contributed by atoms with van der Waals surface area (Å²) in [4.78, 5) is 10.7. The molecular formula is C34H42N4O3S. The van der Waals surface area contributed by atoms with E-state index in [9.17, 15) is 13.5 Å². The highest BCUT2D eigenvalue weighted by molar-refractivity contribution is 7.89. The van der Waals surface area contributed by atoms with E-state index in [1.165, 1.54) is 42.0 Å². The summed E-state index contributed by atoms with van der Waals surface area (Å²) < 4.78 is 28.1. The van der Waals surface area contributed by atoms with Gasteiger partial charge >= 0.3 is 0 Å². The van der Waals surface area contributed by atoms with Crippen LogP contribution in [0, 0.1) is 0 Å². The number of nitrogens with zero attached hydrogens (tertiary/aromatic N) is 3. The quantitative estimate of drug-likeness (QED) is 0.182. The molecule has 222 valence electrons. The van der Waals surface area contributed by atoms with E-state index < -0.39 is 10.0 Å². The number of hydrogen-bond donors (Lipinski definition) is 2. The van der Waals surface area contributed by atoms with Crippen LogP contribution in [0.2, 0.25) is 0 Å². The van der Waals surface area contributed by atoms with Crippen molar-refractivity contribution in [1.29, 1.82) is 0 Å². The lowest BCUT2D eigenvalue weighted by molar-refractivity contribution is 0.184. The average molecular weight is 587 g/mol.